The van der Waals surface area contributed by atoms with E-state index < -0.39 is 23.3 Å². The summed E-state index contributed by atoms with van der Waals surface area (Å²) < 4.78 is 4.44. The van der Waals surface area contributed by atoms with E-state index in [1.54, 1.807) is 6.07 Å². The maximum Gasteiger partial charge on any atom is 0.269 e. The van der Waals surface area contributed by atoms with Gasteiger partial charge in [-0.15, -0.1) is 0 Å². The summed E-state index contributed by atoms with van der Waals surface area (Å²) in [5.41, 5.74) is 12.8. The third kappa shape index (κ3) is 4.54. The number of primary amides is 2. The minimum absolute atomic E-state index is 0.119. The number of amides is 2. The average molecular weight is 388 g/mol. The summed E-state index contributed by atoms with van der Waals surface area (Å²) in [6, 6.07) is 3.08. The standard InChI is InChI=1S/C18H24N6O2S/c1-18(2,3)15(17(20)26)22-10-6-12(14(16(19)25)21-8-10)23-13-7-11(24-27-13)9-4-5-9/h6-9,15,22-23H,4-5H2,1-3H3,(H2,19,25)(H2,20,26)/t15-/m0/s1. The van der Waals surface area contributed by atoms with E-state index in [9.17, 15) is 9.59 Å². The van der Waals surface area contributed by atoms with Gasteiger partial charge >= 0.3 is 0 Å². The summed E-state index contributed by atoms with van der Waals surface area (Å²) in [7, 11) is 0. The van der Waals surface area contributed by atoms with Gasteiger partial charge in [0.15, 0.2) is 5.69 Å². The van der Waals surface area contributed by atoms with Crippen molar-refractivity contribution in [2.45, 2.75) is 45.6 Å². The van der Waals surface area contributed by atoms with Crippen LogP contribution in [0.3, 0.4) is 0 Å². The lowest BCUT2D eigenvalue weighted by Gasteiger charge is -2.29. The highest BCUT2D eigenvalue weighted by Gasteiger charge is 2.30. The van der Waals surface area contributed by atoms with Crippen molar-refractivity contribution in [3.05, 3.63) is 29.7 Å². The Bertz CT molecular complexity index is 869. The molecule has 8 nitrogen and oxygen atoms in total. The molecule has 2 amide bonds. The van der Waals surface area contributed by atoms with Crippen LogP contribution in [0, 0.1) is 5.41 Å². The molecule has 144 valence electrons. The molecule has 1 saturated carbocycles. The van der Waals surface area contributed by atoms with Gasteiger partial charge in [-0.25, -0.2) is 4.98 Å². The fourth-order valence-corrected chi connectivity index (χ4v) is 3.50. The molecule has 27 heavy (non-hydrogen) atoms. The van der Waals surface area contributed by atoms with Crippen LogP contribution in [-0.4, -0.2) is 27.2 Å². The SMILES string of the molecule is CC(C)(C)[C@@H](Nc1cnc(C(N)=O)c(Nc2cc(C3CC3)ns2)c1)C(N)=O. The lowest BCUT2D eigenvalue weighted by molar-refractivity contribution is -0.120. The Kier molecular flexibility index (Phi) is 5.05. The molecule has 6 N–H and O–H groups in total. The van der Waals surface area contributed by atoms with Gasteiger partial charge in [0.25, 0.3) is 5.91 Å². The smallest absolute Gasteiger partial charge is 0.269 e. The molecule has 1 aliphatic rings. The maximum atomic E-state index is 11.8. The van der Waals surface area contributed by atoms with Crippen molar-refractivity contribution in [1.29, 1.82) is 0 Å². The Morgan fingerprint density at radius 2 is 1.96 bits per heavy atom. The van der Waals surface area contributed by atoms with Crippen LogP contribution in [-0.2, 0) is 4.79 Å². The third-order valence-electron chi connectivity index (χ3n) is 4.36. The van der Waals surface area contributed by atoms with E-state index in [4.69, 9.17) is 11.5 Å². The molecule has 9 heteroatoms. The highest BCUT2D eigenvalue weighted by molar-refractivity contribution is 7.10. The number of pyridine rings is 1. The van der Waals surface area contributed by atoms with Crippen molar-refractivity contribution >= 4 is 39.7 Å². The Labute approximate surface area is 161 Å². The van der Waals surface area contributed by atoms with Gasteiger partial charge in [-0.05, 0) is 41.9 Å². The van der Waals surface area contributed by atoms with Gasteiger partial charge in [0.05, 0.1) is 23.3 Å². The summed E-state index contributed by atoms with van der Waals surface area (Å²) in [6.07, 6.45) is 3.80. The number of nitrogens with zero attached hydrogens (tertiary/aromatic N) is 2. The van der Waals surface area contributed by atoms with Gasteiger partial charge < -0.3 is 22.1 Å². The molecule has 0 unspecified atom stereocenters. The minimum atomic E-state index is -0.641. The van der Waals surface area contributed by atoms with Crippen molar-refractivity contribution in [2.24, 2.45) is 16.9 Å². The second kappa shape index (κ2) is 7.15. The van der Waals surface area contributed by atoms with Crippen LogP contribution in [0.5, 0.6) is 0 Å². The summed E-state index contributed by atoms with van der Waals surface area (Å²) in [4.78, 5) is 27.7. The van der Waals surface area contributed by atoms with Gasteiger partial charge in [0.1, 0.15) is 11.0 Å². The molecular weight excluding hydrogens is 364 g/mol. The Hall–Kier alpha value is -2.68. The van der Waals surface area contributed by atoms with Gasteiger partial charge in [0, 0.05) is 5.92 Å². The second-order valence-electron chi connectivity index (χ2n) is 7.85. The molecule has 3 rings (SSSR count). The van der Waals surface area contributed by atoms with Gasteiger partial charge in [-0.3, -0.25) is 9.59 Å². The maximum absolute atomic E-state index is 11.8. The van der Waals surface area contributed by atoms with Crippen molar-refractivity contribution < 1.29 is 9.59 Å². The van der Waals surface area contributed by atoms with E-state index in [-0.39, 0.29) is 5.69 Å². The van der Waals surface area contributed by atoms with E-state index in [2.05, 4.69) is 20.0 Å². The predicted octanol–water partition coefficient (Wildman–Crippen LogP) is 2.57. The van der Waals surface area contributed by atoms with E-state index in [1.165, 1.54) is 17.7 Å². The molecular formula is C18H24N6O2S. The Balaban J connectivity index is 1.87. The lowest BCUT2D eigenvalue weighted by atomic mass is 9.86. The fraction of sp³-hybridized carbons (Fsp3) is 0.444. The molecule has 2 aromatic heterocycles. The third-order valence-corrected chi connectivity index (χ3v) is 5.08. The van der Waals surface area contributed by atoms with Crippen LogP contribution in [0.15, 0.2) is 18.3 Å². The number of aromatic nitrogens is 2. The number of anilines is 3. The molecule has 1 aliphatic carbocycles. The van der Waals surface area contributed by atoms with Crippen molar-refractivity contribution in [3.63, 3.8) is 0 Å². The molecule has 0 aromatic carbocycles. The zero-order valence-electron chi connectivity index (χ0n) is 15.6. The van der Waals surface area contributed by atoms with Gasteiger partial charge in [-0.1, -0.05) is 20.8 Å². The molecule has 1 atom stereocenters. The van der Waals surface area contributed by atoms with E-state index in [0.29, 0.717) is 17.3 Å². The van der Waals surface area contributed by atoms with Crippen LogP contribution in [0.4, 0.5) is 16.4 Å². The van der Waals surface area contributed by atoms with Crippen LogP contribution < -0.4 is 22.1 Å². The normalized spacial score (nSPS) is 15.2. The summed E-state index contributed by atoms with van der Waals surface area (Å²) in [5, 5.41) is 7.08. The number of hydrogen-bond acceptors (Lipinski definition) is 7. The topological polar surface area (TPSA) is 136 Å². The first-order chi connectivity index (χ1) is 12.6. The molecule has 2 aromatic rings. The Morgan fingerprint density at radius 3 is 2.52 bits per heavy atom. The first-order valence-electron chi connectivity index (χ1n) is 8.74. The van der Waals surface area contributed by atoms with E-state index in [0.717, 1.165) is 23.5 Å². The first-order valence-corrected chi connectivity index (χ1v) is 9.52. The van der Waals surface area contributed by atoms with Crippen molar-refractivity contribution in [2.75, 3.05) is 10.6 Å². The number of nitrogens with two attached hydrogens (primary N) is 2. The van der Waals surface area contributed by atoms with Crippen LogP contribution in [0.2, 0.25) is 0 Å². The molecule has 0 radical (unpaired) electrons. The number of carbonyl (C=O) groups is 2. The van der Waals surface area contributed by atoms with Crippen molar-refractivity contribution in [1.82, 2.24) is 9.36 Å². The molecule has 0 bridgehead atoms. The molecule has 0 spiro atoms. The second-order valence-corrected chi connectivity index (χ2v) is 8.65. The monoisotopic (exact) mass is 388 g/mol. The number of hydrogen-bond donors (Lipinski definition) is 4. The zero-order chi connectivity index (χ0) is 19.8. The predicted molar refractivity (Wildman–Crippen MR) is 106 cm³/mol. The molecule has 0 saturated heterocycles. The number of nitrogens with one attached hydrogen (secondary N) is 2. The summed E-state index contributed by atoms with van der Waals surface area (Å²) in [6.45, 7) is 5.74. The molecule has 0 aliphatic heterocycles. The van der Waals surface area contributed by atoms with Crippen LogP contribution in [0.25, 0.3) is 0 Å². The van der Waals surface area contributed by atoms with E-state index in [1.807, 2.05) is 26.8 Å². The number of rotatable bonds is 7. The van der Waals surface area contributed by atoms with Crippen molar-refractivity contribution in [3.8, 4) is 0 Å². The number of carbonyl (C=O) groups excluding carboxylic acids is 2. The van der Waals surface area contributed by atoms with Gasteiger partial charge in [0.2, 0.25) is 5.91 Å². The highest BCUT2D eigenvalue weighted by atomic mass is 32.1. The first kappa shape index (κ1) is 19.1. The zero-order valence-corrected chi connectivity index (χ0v) is 16.4. The minimum Gasteiger partial charge on any atom is -0.372 e. The molecule has 1 fully saturated rings. The fourth-order valence-electron chi connectivity index (χ4n) is 2.77. The summed E-state index contributed by atoms with van der Waals surface area (Å²) in [5.74, 6) is -0.563. The quantitative estimate of drug-likeness (QED) is 0.575. The molecule has 2 heterocycles. The van der Waals surface area contributed by atoms with E-state index >= 15 is 0 Å². The van der Waals surface area contributed by atoms with Crippen LogP contribution >= 0.6 is 11.5 Å². The van der Waals surface area contributed by atoms with Crippen LogP contribution in [0.1, 0.15) is 55.7 Å². The average Bonchev–Trinajstić information content (AvgIpc) is 3.31. The van der Waals surface area contributed by atoms with Gasteiger partial charge in [-0.2, -0.15) is 4.37 Å². The lowest BCUT2D eigenvalue weighted by Crippen LogP contribution is -2.45. The summed E-state index contributed by atoms with van der Waals surface area (Å²) >= 11 is 1.33. The largest absolute Gasteiger partial charge is 0.372 e. The highest BCUT2D eigenvalue weighted by Crippen LogP contribution is 2.41. The Morgan fingerprint density at radius 1 is 1.26 bits per heavy atom.